The molecule has 136 valence electrons. The number of hydrogen-bond donors (Lipinski definition) is 0. The molecule has 1 aromatic rings. The van der Waals surface area contributed by atoms with E-state index in [1.54, 1.807) is 0 Å². The number of rotatable bonds is 3. The first-order chi connectivity index (χ1) is 12.0. The molecule has 8 heteroatoms. The van der Waals surface area contributed by atoms with Gasteiger partial charge in [-0.1, -0.05) is 0 Å². The Morgan fingerprint density at radius 1 is 0.960 bits per heavy atom. The summed E-state index contributed by atoms with van der Waals surface area (Å²) in [4.78, 5) is 33.7. The summed E-state index contributed by atoms with van der Waals surface area (Å²) >= 11 is 0. The van der Waals surface area contributed by atoms with Crippen LogP contribution in [-0.4, -0.2) is 77.3 Å². The van der Waals surface area contributed by atoms with Crippen LogP contribution in [0.1, 0.15) is 29.8 Å². The molecule has 0 saturated carbocycles. The van der Waals surface area contributed by atoms with Gasteiger partial charge >= 0.3 is 0 Å². The van der Waals surface area contributed by atoms with Gasteiger partial charge in [-0.05, 0) is 19.3 Å². The zero-order valence-corrected chi connectivity index (χ0v) is 14.1. The van der Waals surface area contributed by atoms with E-state index in [0.29, 0.717) is 45.2 Å². The number of pyridine rings is 1. The third-order valence-electron chi connectivity index (χ3n) is 4.70. The van der Waals surface area contributed by atoms with Crippen molar-refractivity contribution < 1.29 is 18.4 Å². The van der Waals surface area contributed by atoms with Gasteiger partial charge in [-0.25, -0.2) is 13.8 Å². The Labute approximate surface area is 145 Å². The van der Waals surface area contributed by atoms with Crippen LogP contribution in [0.15, 0.2) is 12.3 Å². The predicted molar refractivity (Wildman–Crippen MR) is 86.9 cm³/mol. The summed E-state index contributed by atoms with van der Waals surface area (Å²) < 4.78 is 26.7. The van der Waals surface area contributed by atoms with Gasteiger partial charge in [0.1, 0.15) is 5.82 Å². The standard InChI is InChI=1S/C17H22F2N4O2/c18-13-10-14(19)16(20-11-13)17(25)23-7-3-4-21(8-9-23)12-15(24)22-5-1-2-6-22/h10-11H,1-9,12H2. The second kappa shape index (κ2) is 7.86. The van der Waals surface area contributed by atoms with E-state index in [1.165, 1.54) is 4.90 Å². The van der Waals surface area contributed by atoms with E-state index < -0.39 is 17.5 Å². The molecule has 0 unspecified atom stereocenters. The van der Waals surface area contributed by atoms with Crippen molar-refractivity contribution in [1.29, 1.82) is 0 Å². The normalized spacial score (nSPS) is 19.1. The number of amides is 2. The first-order valence-corrected chi connectivity index (χ1v) is 8.65. The van der Waals surface area contributed by atoms with E-state index >= 15 is 0 Å². The van der Waals surface area contributed by atoms with E-state index in [9.17, 15) is 18.4 Å². The highest BCUT2D eigenvalue weighted by molar-refractivity contribution is 5.92. The van der Waals surface area contributed by atoms with Crippen LogP contribution in [0.4, 0.5) is 8.78 Å². The third kappa shape index (κ3) is 4.31. The largest absolute Gasteiger partial charge is 0.342 e. The summed E-state index contributed by atoms with van der Waals surface area (Å²) in [5.74, 6) is -2.17. The van der Waals surface area contributed by atoms with Crippen LogP contribution in [0.2, 0.25) is 0 Å². The van der Waals surface area contributed by atoms with Crippen molar-refractivity contribution in [3.8, 4) is 0 Å². The lowest BCUT2D eigenvalue weighted by Crippen LogP contribution is -2.41. The van der Waals surface area contributed by atoms with Crippen LogP contribution in [0.3, 0.4) is 0 Å². The van der Waals surface area contributed by atoms with Gasteiger partial charge < -0.3 is 9.80 Å². The molecule has 3 rings (SSSR count). The molecule has 0 radical (unpaired) electrons. The topological polar surface area (TPSA) is 56.8 Å². The lowest BCUT2D eigenvalue weighted by molar-refractivity contribution is -0.131. The van der Waals surface area contributed by atoms with Crippen molar-refractivity contribution >= 4 is 11.8 Å². The SMILES string of the molecule is O=C(CN1CCCN(C(=O)c2ncc(F)cc2F)CC1)N1CCCC1. The number of nitrogens with zero attached hydrogens (tertiary/aromatic N) is 4. The lowest BCUT2D eigenvalue weighted by atomic mass is 10.3. The Morgan fingerprint density at radius 2 is 1.68 bits per heavy atom. The highest BCUT2D eigenvalue weighted by Crippen LogP contribution is 2.13. The van der Waals surface area contributed by atoms with Crippen LogP contribution in [0.25, 0.3) is 0 Å². The molecular weight excluding hydrogens is 330 g/mol. The van der Waals surface area contributed by atoms with Gasteiger partial charge in [0.2, 0.25) is 5.91 Å². The van der Waals surface area contributed by atoms with Crippen LogP contribution in [0, 0.1) is 11.6 Å². The average molecular weight is 352 g/mol. The second-order valence-electron chi connectivity index (χ2n) is 6.49. The van der Waals surface area contributed by atoms with Crippen molar-refractivity contribution in [1.82, 2.24) is 19.7 Å². The van der Waals surface area contributed by atoms with Gasteiger partial charge in [0.15, 0.2) is 11.5 Å². The van der Waals surface area contributed by atoms with Gasteiger partial charge in [-0.3, -0.25) is 14.5 Å². The van der Waals surface area contributed by atoms with Crippen LogP contribution in [-0.2, 0) is 4.79 Å². The van der Waals surface area contributed by atoms with Gasteiger partial charge in [-0.2, -0.15) is 0 Å². The fourth-order valence-corrected chi connectivity index (χ4v) is 3.31. The van der Waals surface area contributed by atoms with Crippen molar-refractivity contribution in [2.75, 3.05) is 45.8 Å². The molecule has 1 aromatic heterocycles. The summed E-state index contributed by atoms with van der Waals surface area (Å²) in [6.45, 7) is 4.12. The number of carbonyl (C=O) groups is 2. The van der Waals surface area contributed by atoms with Crippen LogP contribution < -0.4 is 0 Å². The molecule has 25 heavy (non-hydrogen) atoms. The Bertz CT molecular complexity index is 650. The number of halogens is 2. The molecule has 2 aliphatic heterocycles. The molecule has 2 saturated heterocycles. The van der Waals surface area contributed by atoms with Crippen molar-refractivity contribution in [3.05, 3.63) is 29.6 Å². The Balaban J connectivity index is 1.57. The zero-order valence-electron chi connectivity index (χ0n) is 14.1. The Morgan fingerprint density at radius 3 is 2.40 bits per heavy atom. The van der Waals surface area contributed by atoms with E-state index in [-0.39, 0.29) is 11.6 Å². The molecule has 0 aliphatic carbocycles. The van der Waals surface area contributed by atoms with Gasteiger partial charge in [0, 0.05) is 45.3 Å². The Hall–Kier alpha value is -2.09. The zero-order chi connectivity index (χ0) is 17.8. The lowest BCUT2D eigenvalue weighted by Gasteiger charge is -2.23. The summed E-state index contributed by atoms with van der Waals surface area (Å²) in [5.41, 5.74) is -0.358. The third-order valence-corrected chi connectivity index (χ3v) is 4.70. The minimum atomic E-state index is -0.949. The minimum absolute atomic E-state index is 0.128. The summed E-state index contributed by atoms with van der Waals surface area (Å²) in [6.07, 6.45) is 3.66. The van der Waals surface area contributed by atoms with E-state index in [0.717, 1.165) is 32.1 Å². The maximum atomic E-state index is 13.8. The molecule has 0 aromatic carbocycles. The molecular formula is C17H22F2N4O2. The van der Waals surface area contributed by atoms with Gasteiger partial charge in [0.05, 0.1) is 12.7 Å². The summed E-state index contributed by atoms with van der Waals surface area (Å²) in [7, 11) is 0. The number of carbonyl (C=O) groups excluding carboxylic acids is 2. The predicted octanol–water partition coefficient (Wildman–Crippen LogP) is 1.13. The van der Waals surface area contributed by atoms with E-state index in [1.807, 2.05) is 9.80 Å². The highest BCUT2D eigenvalue weighted by atomic mass is 19.1. The monoisotopic (exact) mass is 352 g/mol. The van der Waals surface area contributed by atoms with E-state index in [4.69, 9.17) is 0 Å². The molecule has 6 nitrogen and oxygen atoms in total. The summed E-state index contributed by atoms with van der Waals surface area (Å²) in [5, 5.41) is 0. The maximum absolute atomic E-state index is 13.8. The Kier molecular flexibility index (Phi) is 5.57. The molecule has 0 atom stereocenters. The number of hydrogen-bond acceptors (Lipinski definition) is 4. The highest BCUT2D eigenvalue weighted by Gasteiger charge is 2.26. The smallest absolute Gasteiger partial charge is 0.275 e. The van der Waals surface area contributed by atoms with Crippen molar-refractivity contribution in [2.24, 2.45) is 0 Å². The molecule has 2 fully saturated rings. The molecule has 0 spiro atoms. The quantitative estimate of drug-likeness (QED) is 0.818. The fourth-order valence-electron chi connectivity index (χ4n) is 3.31. The maximum Gasteiger partial charge on any atom is 0.275 e. The molecule has 2 aliphatic rings. The fraction of sp³-hybridized carbons (Fsp3) is 0.588. The first-order valence-electron chi connectivity index (χ1n) is 8.65. The van der Waals surface area contributed by atoms with Crippen molar-refractivity contribution in [2.45, 2.75) is 19.3 Å². The molecule has 3 heterocycles. The van der Waals surface area contributed by atoms with Gasteiger partial charge in [-0.15, -0.1) is 0 Å². The van der Waals surface area contributed by atoms with Crippen molar-refractivity contribution in [3.63, 3.8) is 0 Å². The van der Waals surface area contributed by atoms with Crippen LogP contribution >= 0.6 is 0 Å². The van der Waals surface area contributed by atoms with Gasteiger partial charge in [0.25, 0.3) is 5.91 Å². The number of aromatic nitrogens is 1. The van der Waals surface area contributed by atoms with E-state index in [2.05, 4.69) is 4.98 Å². The number of likely N-dealkylation sites (tertiary alicyclic amines) is 1. The molecule has 0 bridgehead atoms. The molecule has 2 amide bonds. The average Bonchev–Trinajstić information content (AvgIpc) is 3.02. The second-order valence-corrected chi connectivity index (χ2v) is 6.49. The molecule has 0 N–H and O–H groups in total. The van der Waals surface area contributed by atoms with Crippen LogP contribution in [0.5, 0.6) is 0 Å². The minimum Gasteiger partial charge on any atom is -0.342 e. The first kappa shape index (κ1) is 17.7. The summed E-state index contributed by atoms with van der Waals surface area (Å²) in [6, 6.07) is 0.666.